The number of hydrogen-bond acceptors (Lipinski definition) is 2. The molecule has 1 aliphatic heterocycles. The third kappa shape index (κ3) is 4.55. The van der Waals surface area contributed by atoms with Crippen LogP contribution in [0.3, 0.4) is 0 Å². The molecule has 0 bridgehead atoms. The highest BCUT2D eigenvalue weighted by Gasteiger charge is 2.31. The monoisotopic (exact) mass is 254 g/mol. The summed E-state index contributed by atoms with van der Waals surface area (Å²) < 4.78 is 0. The van der Waals surface area contributed by atoms with E-state index in [1.54, 1.807) is 0 Å². The molecular formula is C16H34N2. The van der Waals surface area contributed by atoms with Crippen LogP contribution in [-0.2, 0) is 0 Å². The van der Waals surface area contributed by atoms with Crippen molar-refractivity contribution in [3.63, 3.8) is 0 Å². The van der Waals surface area contributed by atoms with E-state index in [0.29, 0.717) is 17.5 Å². The lowest BCUT2D eigenvalue weighted by molar-refractivity contribution is 0.0669. The standard InChI is InChI=1S/C16H34N2/c1-12(2)8-15-10-18(14(5)9-17-15)11-16(6,7)13(3)4/h12-15,17H,8-11H2,1-7H3. The first-order valence-electron chi connectivity index (χ1n) is 7.69. The Hall–Kier alpha value is -0.0800. The molecule has 2 nitrogen and oxygen atoms in total. The maximum atomic E-state index is 3.70. The third-order valence-corrected chi connectivity index (χ3v) is 4.71. The summed E-state index contributed by atoms with van der Waals surface area (Å²) in [6, 6.07) is 1.36. The van der Waals surface area contributed by atoms with Gasteiger partial charge >= 0.3 is 0 Å². The van der Waals surface area contributed by atoms with Gasteiger partial charge in [0, 0.05) is 31.7 Å². The first kappa shape index (κ1) is 16.0. The first-order chi connectivity index (χ1) is 8.22. The molecular weight excluding hydrogens is 220 g/mol. The second-order valence-corrected chi connectivity index (χ2v) is 7.66. The van der Waals surface area contributed by atoms with Crippen molar-refractivity contribution in [2.24, 2.45) is 17.3 Å². The molecule has 108 valence electrons. The Bertz CT molecular complexity index is 245. The van der Waals surface area contributed by atoms with Crippen LogP contribution < -0.4 is 5.32 Å². The maximum Gasteiger partial charge on any atom is 0.0198 e. The Labute approximate surface area is 115 Å². The van der Waals surface area contributed by atoms with Crippen molar-refractivity contribution in [3.8, 4) is 0 Å². The van der Waals surface area contributed by atoms with Gasteiger partial charge in [-0.2, -0.15) is 0 Å². The molecule has 1 rings (SSSR count). The smallest absolute Gasteiger partial charge is 0.0198 e. The summed E-state index contributed by atoms with van der Waals surface area (Å²) in [4.78, 5) is 2.70. The third-order valence-electron chi connectivity index (χ3n) is 4.71. The summed E-state index contributed by atoms with van der Waals surface area (Å²) in [5.74, 6) is 1.53. The lowest BCUT2D eigenvalue weighted by atomic mass is 9.80. The predicted molar refractivity (Wildman–Crippen MR) is 80.9 cm³/mol. The van der Waals surface area contributed by atoms with Crippen molar-refractivity contribution in [1.29, 1.82) is 0 Å². The minimum absolute atomic E-state index is 0.411. The van der Waals surface area contributed by atoms with E-state index >= 15 is 0 Å². The van der Waals surface area contributed by atoms with Crippen LogP contribution in [0.15, 0.2) is 0 Å². The molecule has 1 saturated heterocycles. The molecule has 1 heterocycles. The normalized spacial score (nSPS) is 27.2. The lowest BCUT2D eigenvalue weighted by Gasteiger charge is -2.44. The summed E-state index contributed by atoms with van der Waals surface area (Å²) in [6.07, 6.45) is 1.30. The van der Waals surface area contributed by atoms with E-state index in [9.17, 15) is 0 Å². The molecule has 0 saturated carbocycles. The molecule has 0 spiro atoms. The van der Waals surface area contributed by atoms with E-state index in [4.69, 9.17) is 0 Å². The van der Waals surface area contributed by atoms with Crippen LogP contribution in [-0.4, -0.2) is 36.6 Å². The molecule has 1 aliphatic rings. The summed E-state index contributed by atoms with van der Waals surface area (Å²) in [5, 5.41) is 3.70. The summed E-state index contributed by atoms with van der Waals surface area (Å²) in [7, 11) is 0. The van der Waals surface area contributed by atoms with Gasteiger partial charge in [-0.3, -0.25) is 4.90 Å². The highest BCUT2D eigenvalue weighted by Crippen LogP contribution is 2.28. The number of rotatable bonds is 5. The summed E-state index contributed by atoms with van der Waals surface area (Å²) in [6.45, 7) is 20.1. The molecule has 18 heavy (non-hydrogen) atoms. The second kappa shape index (κ2) is 6.38. The quantitative estimate of drug-likeness (QED) is 0.809. The van der Waals surface area contributed by atoms with Gasteiger partial charge in [-0.1, -0.05) is 41.5 Å². The van der Waals surface area contributed by atoms with E-state index in [-0.39, 0.29) is 0 Å². The molecule has 2 unspecified atom stereocenters. The van der Waals surface area contributed by atoms with E-state index in [2.05, 4.69) is 58.7 Å². The number of hydrogen-bond donors (Lipinski definition) is 1. The Morgan fingerprint density at radius 2 is 1.83 bits per heavy atom. The summed E-state index contributed by atoms with van der Waals surface area (Å²) >= 11 is 0. The van der Waals surface area contributed by atoms with Crippen molar-refractivity contribution in [2.75, 3.05) is 19.6 Å². The van der Waals surface area contributed by atoms with Gasteiger partial charge in [-0.15, -0.1) is 0 Å². The van der Waals surface area contributed by atoms with E-state index < -0.39 is 0 Å². The van der Waals surface area contributed by atoms with Gasteiger partial charge in [-0.05, 0) is 30.6 Å². The highest BCUT2D eigenvalue weighted by atomic mass is 15.2. The van der Waals surface area contributed by atoms with Crippen LogP contribution >= 0.6 is 0 Å². The van der Waals surface area contributed by atoms with Crippen molar-refractivity contribution in [3.05, 3.63) is 0 Å². The number of nitrogens with one attached hydrogen (secondary N) is 1. The van der Waals surface area contributed by atoms with Gasteiger partial charge < -0.3 is 5.32 Å². The second-order valence-electron chi connectivity index (χ2n) is 7.66. The molecule has 1 N–H and O–H groups in total. The van der Waals surface area contributed by atoms with E-state index in [1.165, 1.54) is 19.5 Å². The van der Waals surface area contributed by atoms with Crippen molar-refractivity contribution >= 4 is 0 Å². The average molecular weight is 254 g/mol. The van der Waals surface area contributed by atoms with Gasteiger partial charge in [0.15, 0.2) is 0 Å². The van der Waals surface area contributed by atoms with Crippen LogP contribution in [0.1, 0.15) is 54.9 Å². The summed E-state index contributed by atoms with van der Waals surface area (Å²) in [5.41, 5.74) is 0.411. The molecule has 0 amide bonds. The van der Waals surface area contributed by atoms with Crippen LogP contribution in [0.25, 0.3) is 0 Å². The fraction of sp³-hybridized carbons (Fsp3) is 1.00. The molecule has 2 atom stereocenters. The zero-order valence-corrected chi connectivity index (χ0v) is 13.6. The molecule has 2 heteroatoms. The minimum atomic E-state index is 0.411. The Morgan fingerprint density at radius 1 is 1.22 bits per heavy atom. The van der Waals surface area contributed by atoms with Crippen LogP contribution in [0, 0.1) is 17.3 Å². The zero-order chi connectivity index (χ0) is 13.9. The minimum Gasteiger partial charge on any atom is -0.311 e. The van der Waals surface area contributed by atoms with Crippen LogP contribution in [0.5, 0.6) is 0 Å². The van der Waals surface area contributed by atoms with Crippen molar-refractivity contribution in [1.82, 2.24) is 10.2 Å². The lowest BCUT2D eigenvalue weighted by Crippen LogP contribution is -2.57. The van der Waals surface area contributed by atoms with Crippen LogP contribution in [0.4, 0.5) is 0 Å². The Morgan fingerprint density at radius 3 is 2.33 bits per heavy atom. The van der Waals surface area contributed by atoms with Crippen molar-refractivity contribution in [2.45, 2.75) is 67.0 Å². The molecule has 0 radical (unpaired) electrons. The van der Waals surface area contributed by atoms with Gasteiger partial charge in [0.25, 0.3) is 0 Å². The van der Waals surface area contributed by atoms with Crippen LogP contribution in [0.2, 0.25) is 0 Å². The van der Waals surface area contributed by atoms with Gasteiger partial charge in [-0.25, -0.2) is 0 Å². The van der Waals surface area contributed by atoms with E-state index in [1.807, 2.05) is 0 Å². The average Bonchev–Trinajstić information content (AvgIpc) is 2.21. The van der Waals surface area contributed by atoms with E-state index in [0.717, 1.165) is 18.4 Å². The van der Waals surface area contributed by atoms with Gasteiger partial charge in [0.05, 0.1) is 0 Å². The fourth-order valence-corrected chi connectivity index (χ4v) is 2.65. The molecule has 0 aliphatic carbocycles. The van der Waals surface area contributed by atoms with Crippen molar-refractivity contribution < 1.29 is 0 Å². The van der Waals surface area contributed by atoms with Gasteiger partial charge in [0.2, 0.25) is 0 Å². The Balaban J connectivity index is 2.57. The largest absolute Gasteiger partial charge is 0.311 e. The van der Waals surface area contributed by atoms with Gasteiger partial charge in [0.1, 0.15) is 0 Å². The topological polar surface area (TPSA) is 15.3 Å². The Kier molecular flexibility index (Phi) is 5.67. The highest BCUT2D eigenvalue weighted by molar-refractivity contribution is 4.88. The molecule has 0 aromatic rings. The fourth-order valence-electron chi connectivity index (χ4n) is 2.65. The molecule has 0 aromatic heterocycles. The molecule has 0 aromatic carbocycles. The maximum absolute atomic E-state index is 3.70. The zero-order valence-electron chi connectivity index (χ0n) is 13.6. The number of nitrogens with zero attached hydrogens (tertiary/aromatic N) is 1. The first-order valence-corrected chi connectivity index (χ1v) is 7.69. The molecule has 1 fully saturated rings. The number of piperazine rings is 1. The SMILES string of the molecule is CC(C)CC1CN(CC(C)(C)C(C)C)C(C)CN1. The predicted octanol–water partition coefficient (Wildman–Crippen LogP) is 3.38.